The van der Waals surface area contributed by atoms with E-state index in [0.717, 1.165) is 64.4 Å². The highest BCUT2D eigenvalue weighted by atomic mass is 35.5. The van der Waals surface area contributed by atoms with E-state index >= 15 is 0 Å². The first-order chi connectivity index (χ1) is 22.3. The Morgan fingerprint density at radius 2 is 1.96 bits per heavy atom. The maximum Gasteiger partial charge on any atom is 0.318 e. The van der Waals surface area contributed by atoms with E-state index in [1.807, 2.05) is 12.1 Å². The lowest BCUT2D eigenvalue weighted by Gasteiger charge is -2.42. The van der Waals surface area contributed by atoms with Crippen LogP contribution in [-0.4, -0.2) is 92.1 Å². The van der Waals surface area contributed by atoms with Crippen LogP contribution in [0.2, 0.25) is 5.02 Å². The predicted octanol–water partition coefficient (Wildman–Crippen LogP) is 5.82. The van der Waals surface area contributed by atoms with Crippen molar-refractivity contribution in [1.29, 1.82) is 5.26 Å². The van der Waals surface area contributed by atoms with Crippen LogP contribution in [-0.2, 0) is 17.7 Å². The van der Waals surface area contributed by atoms with Crippen molar-refractivity contribution in [3.8, 4) is 12.1 Å². The first kappa shape index (κ1) is 32.5. The molecule has 2 aromatic carbocycles. The van der Waals surface area contributed by atoms with Crippen molar-refractivity contribution in [2.75, 3.05) is 70.0 Å². The Bertz CT molecular complexity index is 1590. The molecule has 1 aliphatic carbocycles. The van der Waals surface area contributed by atoms with Crippen LogP contribution in [0.15, 0.2) is 48.8 Å². The molecule has 0 amide bonds. The summed E-state index contributed by atoms with van der Waals surface area (Å²) in [4.78, 5) is 19.1. The second kappa shape index (κ2) is 14.5. The molecule has 1 aromatic heterocycles. The van der Waals surface area contributed by atoms with Crippen LogP contribution in [0.25, 0.3) is 10.8 Å². The monoisotopic (exact) mass is 647 g/mol. The molecular formula is C35H43ClFN7O2. The van der Waals surface area contributed by atoms with E-state index in [0.29, 0.717) is 57.2 Å². The predicted molar refractivity (Wildman–Crippen MR) is 180 cm³/mol. The smallest absolute Gasteiger partial charge is 0.318 e. The maximum atomic E-state index is 13.2. The zero-order valence-electron chi connectivity index (χ0n) is 26.8. The van der Waals surface area contributed by atoms with Gasteiger partial charge in [-0.2, -0.15) is 15.2 Å². The molecular weight excluding hydrogens is 605 g/mol. The Hall–Kier alpha value is -3.49. The first-order valence-electron chi connectivity index (χ1n) is 16.2. The quantitative estimate of drug-likeness (QED) is 0.256. The molecule has 244 valence electrons. The third kappa shape index (κ3) is 7.23. The van der Waals surface area contributed by atoms with Gasteiger partial charge < -0.3 is 24.2 Å². The summed E-state index contributed by atoms with van der Waals surface area (Å²) >= 11 is 6.72. The van der Waals surface area contributed by atoms with E-state index in [-0.39, 0.29) is 19.4 Å². The third-order valence-electron chi connectivity index (χ3n) is 9.63. The Morgan fingerprint density at radius 3 is 2.72 bits per heavy atom. The number of aromatic nitrogens is 2. The summed E-state index contributed by atoms with van der Waals surface area (Å²) in [7, 11) is 4.29. The van der Waals surface area contributed by atoms with Crippen LogP contribution < -0.4 is 14.5 Å². The fourth-order valence-electron chi connectivity index (χ4n) is 7.15. The molecule has 0 bridgehead atoms. The van der Waals surface area contributed by atoms with Gasteiger partial charge in [0.25, 0.3) is 0 Å². The second-order valence-corrected chi connectivity index (χ2v) is 13.3. The lowest BCUT2D eigenvalue weighted by Crippen LogP contribution is -2.54. The Kier molecular flexibility index (Phi) is 10.2. The molecule has 9 nitrogen and oxygen atoms in total. The van der Waals surface area contributed by atoms with E-state index in [1.165, 1.54) is 6.42 Å². The molecule has 3 heterocycles. The molecule has 1 saturated carbocycles. The number of benzene rings is 2. The lowest BCUT2D eigenvalue weighted by molar-refractivity contribution is 0.00583. The maximum absolute atomic E-state index is 13.2. The number of anilines is 2. The van der Waals surface area contributed by atoms with Gasteiger partial charge in [-0.25, -0.2) is 4.39 Å². The van der Waals surface area contributed by atoms with Crippen molar-refractivity contribution in [3.05, 3.63) is 65.1 Å². The Labute approximate surface area is 276 Å². The van der Waals surface area contributed by atoms with Crippen molar-refractivity contribution < 1.29 is 13.9 Å². The lowest BCUT2D eigenvalue weighted by atomic mass is 10.0. The molecule has 0 spiro atoms. The van der Waals surface area contributed by atoms with Crippen molar-refractivity contribution >= 4 is 33.9 Å². The van der Waals surface area contributed by atoms with Crippen molar-refractivity contribution in [2.24, 2.45) is 5.92 Å². The van der Waals surface area contributed by atoms with E-state index in [2.05, 4.69) is 70.6 Å². The largest absolute Gasteiger partial charge is 0.463 e. The number of hydrogen-bond donors (Lipinski definition) is 0. The highest BCUT2D eigenvalue weighted by Gasteiger charge is 2.33. The summed E-state index contributed by atoms with van der Waals surface area (Å²) in [5.74, 6) is 0.841. The topological polar surface area (TPSA) is 81.0 Å². The summed E-state index contributed by atoms with van der Waals surface area (Å²) < 4.78 is 25.1. The number of halogens is 2. The highest BCUT2D eigenvalue weighted by Crippen LogP contribution is 2.37. The van der Waals surface area contributed by atoms with Gasteiger partial charge in [-0.15, -0.1) is 0 Å². The second-order valence-electron chi connectivity index (χ2n) is 12.9. The van der Waals surface area contributed by atoms with Gasteiger partial charge in [0.1, 0.15) is 11.6 Å². The van der Waals surface area contributed by atoms with E-state index in [4.69, 9.17) is 31.0 Å². The number of nitrogens with zero attached hydrogens (tertiary/aromatic N) is 7. The number of hydrogen-bond acceptors (Lipinski definition) is 9. The molecule has 0 radical (unpaired) electrons. The van der Waals surface area contributed by atoms with Gasteiger partial charge in [0.2, 0.25) is 0 Å². The zero-order chi connectivity index (χ0) is 32.2. The van der Waals surface area contributed by atoms with Crippen molar-refractivity contribution in [1.82, 2.24) is 19.8 Å². The number of piperazine rings is 1. The Balaban J connectivity index is 1.28. The van der Waals surface area contributed by atoms with Gasteiger partial charge in [0.05, 0.1) is 49.7 Å². The highest BCUT2D eigenvalue weighted by molar-refractivity contribution is 6.36. The SMILES string of the molecule is C=C(F)COCN1CCN(c2nc(OC[C@@H]3CC[C@H](N(C)C)C3)nc3c2CCN(c2cccc4cccc(Cl)c24)C3)C[C@@H]1CC#N. The van der Waals surface area contributed by atoms with Crippen molar-refractivity contribution in [3.63, 3.8) is 0 Å². The number of fused-ring (bicyclic) bond motifs is 2. The van der Waals surface area contributed by atoms with Crippen LogP contribution in [0.5, 0.6) is 6.01 Å². The van der Waals surface area contributed by atoms with Gasteiger partial charge in [0, 0.05) is 54.9 Å². The average Bonchev–Trinajstić information content (AvgIpc) is 3.53. The van der Waals surface area contributed by atoms with Crippen molar-refractivity contribution in [2.45, 2.75) is 50.7 Å². The number of ether oxygens (including phenoxy) is 2. The summed E-state index contributed by atoms with van der Waals surface area (Å²) in [6.45, 7) is 7.34. The summed E-state index contributed by atoms with van der Waals surface area (Å²) in [6, 6.07) is 15.5. The van der Waals surface area contributed by atoms with Crippen LogP contribution in [0, 0.1) is 17.2 Å². The molecule has 11 heteroatoms. The molecule has 0 unspecified atom stereocenters. The summed E-state index contributed by atoms with van der Waals surface area (Å²) in [5, 5.41) is 12.5. The summed E-state index contributed by atoms with van der Waals surface area (Å²) in [6.07, 6.45) is 4.51. The molecule has 46 heavy (non-hydrogen) atoms. The number of rotatable bonds is 11. The fourth-order valence-corrected chi connectivity index (χ4v) is 7.43. The molecule has 1 saturated heterocycles. The fraction of sp³-hybridized carbons (Fsp3) is 0.514. The minimum absolute atomic E-state index is 0.0824. The zero-order valence-corrected chi connectivity index (χ0v) is 27.6. The van der Waals surface area contributed by atoms with Crippen LogP contribution in [0.3, 0.4) is 0 Å². The third-order valence-corrected chi connectivity index (χ3v) is 9.95. The van der Waals surface area contributed by atoms with Crippen LogP contribution >= 0.6 is 11.6 Å². The molecule has 6 rings (SSSR count). The van der Waals surface area contributed by atoms with Gasteiger partial charge in [-0.05, 0) is 63.2 Å². The van der Waals surface area contributed by atoms with Gasteiger partial charge in [0.15, 0.2) is 0 Å². The molecule has 0 N–H and O–H groups in total. The first-order valence-corrected chi connectivity index (χ1v) is 16.6. The normalized spacial score (nSPS) is 21.9. The standard InChI is InChI=1S/C35H43ClFN7O2/c1-24(37)21-45-23-44-17-16-43(19-28(44)12-14-38)34-29-13-15-42(32-9-5-7-26-6-4-8-30(36)33(26)32)20-31(29)39-35(40-34)46-22-25-10-11-27(18-25)41(2)3/h4-9,25,27-28H,1,10-13,15-23H2,2-3H3/t25-,27+,28+/m1/s1. The minimum atomic E-state index is -0.509. The van der Waals surface area contributed by atoms with E-state index in [9.17, 15) is 9.65 Å². The molecule has 2 aliphatic heterocycles. The average molecular weight is 648 g/mol. The van der Waals surface area contributed by atoms with Crippen LogP contribution in [0.4, 0.5) is 15.9 Å². The van der Waals surface area contributed by atoms with Gasteiger partial charge >= 0.3 is 6.01 Å². The van der Waals surface area contributed by atoms with E-state index < -0.39 is 5.83 Å². The van der Waals surface area contributed by atoms with E-state index in [1.54, 1.807) is 0 Å². The molecule has 3 aromatic rings. The number of nitriles is 1. The van der Waals surface area contributed by atoms with Gasteiger partial charge in [-0.3, -0.25) is 4.90 Å². The molecule has 3 atom stereocenters. The summed E-state index contributed by atoms with van der Waals surface area (Å²) in [5.41, 5.74) is 3.17. The molecule has 3 aliphatic rings. The van der Waals surface area contributed by atoms with Gasteiger partial charge in [-0.1, -0.05) is 42.4 Å². The Morgan fingerprint density at radius 1 is 1.13 bits per heavy atom. The van der Waals surface area contributed by atoms with Crippen LogP contribution in [0.1, 0.15) is 36.9 Å². The minimum Gasteiger partial charge on any atom is -0.463 e. The molecule has 2 fully saturated rings.